The van der Waals surface area contributed by atoms with Gasteiger partial charge in [-0.1, -0.05) is 0 Å². The molecule has 0 unspecified atom stereocenters. The van der Waals surface area contributed by atoms with Crippen molar-refractivity contribution in [3.05, 3.63) is 12.2 Å². The number of esters is 1. The van der Waals surface area contributed by atoms with Gasteiger partial charge in [-0.15, -0.1) is 0 Å². The van der Waals surface area contributed by atoms with Crippen LogP contribution < -0.4 is 0 Å². The number of carbonyl (C=O) groups is 1. The summed E-state index contributed by atoms with van der Waals surface area (Å²) in [5, 5.41) is 0. The lowest BCUT2D eigenvalue weighted by Crippen LogP contribution is -2.33. The van der Waals surface area contributed by atoms with E-state index in [0.29, 0.717) is 6.61 Å². The lowest BCUT2D eigenvalue weighted by molar-refractivity contribution is -0.151. The number of hydrogen-bond donors (Lipinski definition) is 0. The molecule has 3 atom stereocenters. The van der Waals surface area contributed by atoms with Gasteiger partial charge in [-0.3, -0.25) is 4.79 Å². The van der Waals surface area contributed by atoms with Crippen LogP contribution in [0.5, 0.6) is 0 Å². The van der Waals surface area contributed by atoms with Crippen LogP contribution in [-0.4, -0.2) is 31.1 Å². The highest BCUT2D eigenvalue weighted by Gasteiger charge is 2.35. The van der Waals surface area contributed by atoms with Crippen molar-refractivity contribution in [1.29, 1.82) is 0 Å². The number of fused-ring (bicyclic) bond motifs is 2. The summed E-state index contributed by atoms with van der Waals surface area (Å²) in [6, 6.07) is 0. The Balaban J connectivity index is 2.02. The molecule has 2 aliphatic rings. The maximum atomic E-state index is 10.6. The predicted octanol–water partition coefficient (Wildman–Crippen LogP) is 0.229. The van der Waals surface area contributed by atoms with Gasteiger partial charge in [0.25, 0.3) is 0 Å². The van der Waals surface area contributed by atoms with Gasteiger partial charge in [0.1, 0.15) is 12.2 Å². The Kier molecular flexibility index (Phi) is 1.86. The molecule has 1 fully saturated rings. The molecular weight excluding hydrogens is 160 g/mol. The summed E-state index contributed by atoms with van der Waals surface area (Å²) in [4.78, 5) is 10.6. The van der Waals surface area contributed by atoms with Gasteiger partial charge in [-0.05, 0) is 12.2 Å². The van der Waals surface area contributed by atoms with Gasteiger partial charge in [-0.25, -0.2) is 0 Å². The molecule has 1 saturated heterocycles. The molecule has 0 aromatic rings. The van der Waals surface area contributed by atoms with E-state index < -0.39 is 0 Å². The monoisotopic (exact) mass is 170 g/mol. The minimum atomic E-state index is -0.293. The molecule has 4 nitrogen and oxygen atoms in total. The predicted molar refractivity (Wildman–Crippen MR) is 39.3 cm³/mol. The SMILES string of the molecule is CC(=O)O[C@@H]1C=C[C@H]2OC[C@@H]1O2. The second-order valence-corrected chi connectivity index (χ2v) is 2.84. The molecule has 0 saturated carbocycles. The van der Waals surface area contributed by atoms with Crippen LogP contribution >= 0.6 is 0 Å². The van der Waals surface area contributed by atoms with Crippen LogP contribution in [0.15, 0.2) is 12.2 Å². The van der Waals surface area contributed by atoms with Crippen molar-refractivity contribution in [2.24, 2.45) is 0 Å². The van der Waals surface area contributed by atoms with Gasteiger partial charge in [0, 0.05) is 6.92 Å². The first kappa shape index (κ1) is 7.76. The zero-order valence-corrected chi connectivity index (χ0v) is 6.73. The summed E-state index contributed by atoms with van der Waals surface area (Å²) in [6.07, 6.45) is 2.94. The molecular formula is C8H10O4. The fourth-order valence-electron chi connectivity index (χ4n) is 1.34. The van der Waals surface area contributed by atoms with Crippen LogP contribution in [0.4, 0.5) is 0 Å². The van der Waals surface area contributed by atoms with Crippen molar-refractivity contribution in [3.8, 4) is 0 Å². The smallest absolute Gasteiger partial charge is 0.303 e. The summed E-state index contributed by atoms with van der Waals surface area (Å²) in [7, 11) is 0. The van der Waals surface area contributed by atoms with Crippen molar-refractivity contribution >= 4 is 5.97 Å². The number of rotatable bonds is 1. The van der Waals surface area contributed by atoms with E-state index in [2.05, 4.69) is 0 Å². The van der Waals surface area contributed by atoms with E-state index in [0.717, 1.165) is 0 Å². The quantitative estimate of drug-likeness (QED) is 0.417. The lowest BCUT2D eigenvalue weighted by atomic mass is 10.2. The summed E-state index contributed by atoms with van der Waals surface area (Å²) >= 11 is 0. The number of carbonyl (C=O) groups excluding carboxylic acids is 1. The van der Waals surface area contributed by atoms with Crippen LogP contribution in [0.2, 0.25) is 0 Å². The van der Waals surface area contributed by atoms with E-state index in [1.807, 2.05) is 6.08 Å². The van der Waals surface area contributed by atoms with Crippen LogP contribution in [0.1, 0.15) is 6.92 Å². The van der Waals surface area contributed by atoms with E-state index >= 15 is 0 Å². The molecule has 2 bridgehead atoms. The van der Waals surface area contributed by atoms with Gasteiger partial charge in [-0.2, -0.15) is 0 Å². The Morgan fingerprint density at radius 1 is 1.58 bits per heavy atom. The van der Waals surface area contributed by atoms with E-state index in [4.69, 9.17) is 14.2 Å². The molecule has 0 radical (unpaired) electrons. The van der Waals surface area contributed by atoms with Crippen molar-refractivity contribution in [2.75, 3.05) is 6.61 Å². The third-order valence-electron chi connectivity index (χ3n) is 1.86. The standard InChI is InChI=1S/C8H10O4/c1-5(9)11-6-2-3-8-10-4-7(6)12-8/h2-3,6-8H,4H2,1H3/t6-,7+,8+/m1/s1. The summed E-state index contributed by atoms with van der Waals surface area (Å²) in [5.74, 6) is -0.293. The second kappa shape index (κ2) is 2.88. The molecule has 0 aromatic heterocycles. The number of hydrogen-bond acceptors (Lipinski definition) is 4. The minimum absolute atomic E-state index is 0.121. The largest absolute Gasteiger partial charge is 0.455 e. The van der Waals surface area contributed by atoms with E-state index in [-0.39, 0.29) is 24.5 Å². The van der Waals surface area contributed by atoms with Crippen molar-refractivity contribution < 1.29 is 19.0 Å². The van der Waals surface area contributed by atoms with Crippen LogP contribution in [0, 0.1) is 0 Å². The molecule has 2 rings (SSSR count). The zero-order valence-electron chi connectivity index (χ0n) is 6.73. The summed E-state index contributed by atoms with van der Waals surface area (Å²) in [5.41, 5.74) is 0. The maximum absolute atomic E-state index is 10.6. The topological polar surface area (TPSA) is 44.8 Å². The van der Waals surface area contributed by atoms with Gasteiger partial charge in [0.15, 0.2) is 6.29 Å². The highest BCUT2D eigenvalue weighted by molar-refractivity contribution is 5.66. The van der Waals surface area contributed by atoms with Crippen LogP contribution in [-0.2, 0) is 19.0 Å². The first-order valence-electron chi connectivity index (χ1n) is 3.88. The number of ether oxygens (including phenoxy) is 3. The van der Waals surface area contributed by atoms with Crippen LogP contribution in [0.25, 0.3) is 0 Å². The zero-order chi connectivity index (χ0) is 8.55. The second-order valence-electron chi connectivity index (χ2n) is 2.84. The Morgan fingerprint density at radius 2 is 2.42 bits per heavy atom. The molecule has 2 aliphatic heterocycles. The molecule has 0 spiro atoms. The molecule has 0 aromatic carbocycles. The maximum Gasteiger partial charge on any atom is 0.303 e. The molecule has 0 amide bonds. The Bertz CT molecular complexity index is 223. The normalized spacial score (nSPS) is 38.2. The molecule has 0 N–H and O–H groups in total. The molecule has 0 aliphatic carbocycles. The fraction of sp³-hybridized carbons (Fsp3) is 0.625. The molecule has 2 heterocycles. The third-order valence-corrected chi connectivity index (χ3v) is 1.86. The van der Waals surface area contributed by atoms with Gasteiger partial charge in [0.2, 0.25) is 0 Å². The molecule has 12 heavy (non-hydrogen) atoms. The van der Waals surface area contributed by atoms with Gasteiger partial charge >= 0.3 is 5.97 Å². The van der Waals surface area contributed by atoms with Crippen molar-refractivity contribution in [1.82, 2.24) is 0 Å². The highest BCUT2D eigenvalue weighted by Crippen LogP contribution is 2.23. The van der Waals surface area contributed by atoms with Gasteiger partial charge < -0.3 is 14.2 Å². The summed E-state index contributed by atoms with van der Waals surface area (Å²) < 4.78 is 15.5. The molecule has 66 valence electrons. The fourth-order valence-corrected chi connectivity index (χ4v) is 1.34. The average molecular weight is 170 g/mol. The Morgan fingerprint density at radius 3 is 3.17 bits per heavy atom. The minimum Gasteiger partial charge on any atom is -0.455 e. The lowest BCUT2D eigenvalue weighted by Gasteiger charge is -2.21. The molecule has 4 heteroatoms. The van der Waals surface area contributed by atoms with E-state index in [1.165, 1.54) is 6.92 Å². The van der Waals surface area contributed by atoms with E-state index in [9.17, 15) is 4.79 Å². The van der Waals surface area contributed by atoms with E-state index in [1.54, 1.807) is 6.08 Å². The van der Waals surface area contributed by atoms with Crippen LogP contribution in [0.3, 0.4) is 0 Å². The van der Waals surface area contributed by atoms with Crippen molar-refractivity contribution in [3.63, 3.8) is 0 Å². The Labute approximate surface area is 70.1 Å². The first-order chi connectivity index (χ1) is 5.75. The average Bonchev–Trinajstić information content (AvgIpc) is 2.39. The van der Waals surface area contributed by atoms with Gasteiger partial charge in [0.05, 0.1) is 6.61 Å². The Hall–Kier alpha value is -0.870. The summed E-state index contributed by atoms with van der Waals surface area (Å²) in [6.45, 7) is 1.88. The highest BCUT2D eigenvalue weighted by atomic mass is 16.7. The van der Waals surface area contributed by atoms with Crippen molar-refractivity contribution in [2.45, 2.75) is 25.4 Å². The first-order valence-corrected chi connectivity index (χ1v) is 3.88. The third kappa shape index (κ3) is 1.35.